The molecule has 3 heteroatoms. The summed E-state index contributed by atoms with van der Waals surface area (Å²) in [6, 6.07) is 0. The molecule has 1 aromatic heterocycles. The minimum atomic E-state index is 0.178. The van der Waals surface area contributed by atoms with Gasteiger partial charge in [0.25, 0.3) is 0 Å². The van der Waals surface area contributed by atoms with Crippen LogP contribution in [-0.4, -0.2) is 11.5 Å². The minimum absolute atomic E-state index is 0.178. The van der Waals surface area contributed by atoms with Crippen LogP contribution in [0.3, 0.4) is 0 Å². The Bertz CT molecular complexity index is 365. The van der Waals surface area contributed by atoms with Crippen LogP contribution in [0.4, 0.5) is 0 Å². The van der Waals surface area contributed by atoms with Crippen LogP contribution >= 0.6 is 11.3 Å². The van der Waals surface area contributed by atoms with Crippen molar-refractivity contribution in [2.24, 2.45) is 17.6 Å². The zero-order valence-electron chi connectivity index (χ0n) is 11.2. The largest absolute Gasteiger partial charge is 0.330 e. The van der Waals surface area contributed by atoms with Crippen molar-refractivity contribution in [3.63, 3.8) is 0 Å². The highest BCUT2D eigenvalue weighted by Crippen LogP contribution is 2.34. The third kappa shape index (κ3) is 3.08. The first-order valence-corrected chi connectivity index (χ1v) is 7.53. The quantitative estimate of drug-likeness (QED) is 0.896. The zero-order valence-corrected chi connectivity index (χ0v) is 12.0. The molecule has 1 fully saturated rings. The molecule has 1 heterocycles. The molecule has 17 heavy (non-hydrogen) atoms. The van der Waals surface area contributed by atoms with Gasteiger partial charge in [-0.3, -0.25) is 0 Å². The van der Waals surface area contributed by atoms with E-state index in [1.807, 2.05) is 11.3 Å². The van der Waals surface area contributed by atoms with E-state index in [0.717, 1.165) is 24.8 Å². The highest BCUT2D eigenvalue weighted by Gasteiger charge is 2.27. The van der Waals surface area contributed by atoms with Crippen LogP contribution in [0.5, 0.6) is 0 Å². The number of rotatable bonds is 3. The second-order valence-electron chi connectivity index (χ2n) is 6.27. The van der Waals surface area contributed by atoms with Crippen LogP contribution in [-0.2, 0) is 11.8 Å². The summed E-state index contributed by atoms with van der Waals surface area (Å²) < 4.78 is 0. The summed E-state index contributed by atoms with van der Waals surface area (Å²) in [5.41, 5.74) is 7.25. The summed E-state index contributed by atoms with van der Waals surface area (Å²) in [5, 5.41) is 3.53. The van der Waals surface area contributed by atoms with Crippen LogP contribution in [0.15, 0.2) is 5.38 Å². The third-order valence-corrected chi connectivity index (χ3v) is 4.75. The summed E-state index contributed by atoms with van der Waals surface area (Å²) in [5.74, 6) is 1.51. The number of aromatic nitrogens is 1. The van der Waals surface area contributed by atoms with Crippen molar-refractivity contribution in [2.75, 3.05) is 6.54 Å². The van der Waals surface area contributed by atoms with Gasteiger partial charge in [-0.05, 0) is 31.2 Å². The maximum absolute atomic E-state index is 5.84. The van der Waals surface area contributed by atoms with E-state index in [1.165, 1.54) is 30.0 Å². The van der Waals surface area contributed by atoms with Gasteiger partial charge >= 0.3 is 0 Å². The molecule has 0 radical (unpaired) electrons. The molecule has 0 aliphatic heterocycles. The Morgan fingerprint density at radius 3 is 2.65 bits per heavy atom. The summed E-state index contributed by atoms with van der Waals surface area (Å²) in [6.07, 6.45) is 5.15. The maximum atomic E-state index is 5.84. The van der Waals surface area contributed by atoms with Gasteiger partial charge in [0, 0.05) is 17.2 Å². The van der Waals surface area contributed by atoms with Crippen molar-refractivity contribution in [3.05, 3.63) is 16.1 Å². The molecular weight excluding hydrogens is 228 g/mol. The van der Waals surface area contributed by atoms with Gasteiger partial charge in [-0.1, -0.05) is 27.2 Å². The van der Waals surface area contributed by atoms with E-state index in [0.29, 0.717) is 0 Å². The fourth-order valence-corrected chi connectivity index (χ4v) is 3.78. The van der Waals surface area contributed by atoms with Crippen LogP contribution in [0.25, 0.3) is 0 Å². The summed E-state index contributed by atoms with van der Waals surface area (Å²) in [4.78, 5) is 4.79. The van der Waals surface area contributed by atoms with Crippen LogP contribution in [0, 0.1) is 11.8 Å². The van der Waals surface area contributed by atoms with Crippen molar-refractivity contribution in [1.82, 2.24) is 4.98 Å². The SMILES string of the molecule is CC(C)(C)c1csc(CC2CCCC2CN)n1. The molecule has 0 spiro atoms. The van der Waals surface area contributed by atoms with Crippen molar-refractivity contribution >= 4 is 11.3 Å². The van der Waals surface area contributed by atoms with E-state index in [-0.39, 0.29) is 5.41 Å². The predicted octanol–water partition coefficient (Wildman–Crippen LogP) is 3.36. The highest BCUT2D eigenvalue weighted by molar-refractivity contribution is 7.09. The Labute approximate surface area is 109 Å². The van der Waals surface area contributed by atoms with Gasteiger partial charge in [-0.25, -0.2) is 4.98 Å². The number of nitrogens with two attached hydrogens (primary N) is 1. The Hall–Kier alpha value is -0.410. The Morgan fingerprint density at radius 1 is 1.35 bits per heavy atom. The topological polar surface area (TPSA) is 38.9 Å². The third-order valence-electron chi connectivity index (χ3n) is 3.88. The van der Waals surface area contributed by atoms with Crippen molar-refractivity contribution < 1.29 is 0 Å². The normalized spacial score (nSPS) is 25.4. The van der Waals surface area contributed by atoms with Crippen LogP contribution < -0.4 is 5.73 Å². The van der Waals surface area contributed by atoms with Gasteiger partial charge in [0.2, 0.25) is 0 Å². The standard InChI is InChI=1S/C14H24N2S/c1-14(2,3)12-9-17-13(16-12)7-10-5-4-6-11(10)8-15/h9-11H,4-8,15H2,1-3H3. The molecular formula is C14H24N2S. The molecule has 2 unspecified atom stereocenters. The lowest BCUT2D eigenvalue weighted by atomic mass is 9.92. The Morgan fingerprint density at radius 2 is 2.06 bits per heavy atom. The average Bonchev–Trinajstić information content (AvgIpc) is 2.86. The lowest BCUT2D eigenvalue weighted by Crippen LogP contribution is -2.20. The van der Waals surface area contributed by atoms with Crippen LogP contribution in [0.2, 0.25) is 0 Å². The smallest absolute Gasteiger partial charge is 0.0931 e. The molecule has 0 saturated heterocycles. The number of hydrogen-bond donors (Lipinski definition) is 1. The molecule has 0 amide bonds. The van der Waals surface area contributed by atoms with E-state index in [4.69, 9.17) is 10.7 Å². The lowest BCUT2D eigenvalue weighted by Gasteiger charge is -2.17. The predicted molar refractivity (Wildman–Crippen MR) is 74.4 cm³/mol. The lowest BCUT2D eigenvalue weighted by molar-refractivity contribution is 0.393. The van der Waals surface area contributed by atoms with Crippen molar-refractivity contribution in [1.29, 1.82) is 0 Å². The molecule has 2 rings (SSSR count). The number of thiazole rings is 1. The Kier molecular flexibility index (Phi) is 3.88. The van der Waals surface area contributed by atoms with Gasteiger partial charge in [0.1, 0.15) is 0 Å². The van der Waals surface area contributed by atoms with E-state index in [1.54, 1.807) is 0 Å². The van der Waals surface area contributed by atoms with Gasteiger partial charge in [-0.2, -0.15) is 0 Å². The summed E-state index contributed by atoms with van der Waals surface area (Å²) in [7, 11) is 0. The molecule has 2 atom stereocenters. The van der Waals surface area contributed by atoms with Crippen LogP contribution in [0.1, 0.15) is 50.7 Å². The molecule has 2 N–H and O–H groups in total. The number of nitrogens with zero attached hydrogens (tertiary/aromatic N) is 1. The number of hydrogen-bond acceptors (Lipinski definition) is 3. The van der Waals surface area contributed by atoms with Gasteiger partial charge in [0.15, 0.2) is 0 Å². The molecule has 1 saturated carbocycles. The first-order chi connectivity index (χ1) is 8.00. The van der Waals surface area contributed by atoms with E-state index in [9.17, 15) is 0 Å². The maximum Gasteiger partial charge on any atom is 0.0931 e. The van der Waals surface area contributed by atoms with Gasteiger partial charge < -0.3 is 5.73 Å². The fraction of sp³-hybridized carbons (Fsp3) is 0.786. The Balaban J connectivity index is 2.02. The van der Waals surface area contributed by atoms with Gasteiger partial charge in [-0.15, -0.1) is 11.3 Å². The second kappa shape index (κ2) is 5.07. The molecule has 2 nitrogen and oxygen atoms in total. The zero-order chi connectivity index (χ0) is 12.5. The molecule has 1 aliphatic rings. The summed E-state index contributed by atoms with van der Waals surface area (Å²) >= 11 is 1.82. The van der Waals surface area contributed by atoms with Gasteiger partial charge in [0.05, 0.1) is 10.7 Å². The average molecular weight is 252 g/mol. The molecule has 1 aliphatic carbocycles. The fourth-order valence-electron chi connectivity index (χ4n) is 2.67. The molecule has 0 aromatic carbocycles. The monoisotopic (exact) mass is 252 g/mol. The molecule has 96 valence electrons. The van der Waals surface area contributed by atoms with Crippen molar-refractivity contribution in [3.8, 4) is 0 Å². The highest BCUT2D eigenvalue weighted by atomic mass is 32.1. The van der Waals surface area contributed by atoms with E-state index >= 15 is 0 Å². The molecule has 0 bridgehead atoms. The first-order valence-electron chi connectivity index (χ1n) is 6.65. The first kappa shape index (κ1) is 13.0. The summed E-state index contributed by atoms with van der Waals surface area (Å²) in [6.45, 7) is 7.53. The van der Waals surface area contributed by atoms with E-state index < -0.39 is 0 Å². The minimum Gasteiger partial charge on any atom is -0.330 e. The van der Waals surface area contributed by atoms with E-state index in [2.05, 4.69) is 26.2 Å². The second-order valence-corrected chi connectivity index (χ2v) is 7.21. The van der Waals surface area contributed by atoms with Crippen molar-refractivity contribution in [2.45, 2.75) is 51.9 Å². The molecule has 1 aromatic rings.